The molecule has 0 aliphatic rings. The van der Waals surface area contributed by atoms with E-state index in [1.54, 1.807) is 0 Å². The highest BCUT2D eigenvalue weighted by molar-refractivity contribution is 4.70. The van der Waals surface area contributed by atoms with Gasteiger partial charge in [-0.25, -0.2) is 0 Å². The summed E-state index contributed by atoms with van der Waals surface area (Å²) < 4.78 is 0. The van der Waals surface area contributed by atoms with E-state index in [1.807, 2.05) is 6.08 Å². The Balaban J connectivity index is 2.98. The lowest BCUT2D eigenvalue weighted by atomic mass is 10.00. The number of hydrogen-bond donors (Lipinski definition) is 1. The van der Waals surface area contributed by atoms with Crippen molar-refractivity contribution in [2.24, 2.45) is 5.92 Å². The van der Waals surface area contributed by atoms with Crippen LogP contribution in [-0.4, -0.2) is 5.11 Å². The molecule has 0 aromatic carbocycles. The molecule has 0 saturated heterocycles. The van der Waals surface area contributed by atoms with Gasteiger partial charge in [-0.3, -0.25) is 0 Å². The molecule has 1 nitrogen and oxygen atoms in total. The average Bonchev–Trinajstić information content (AvgIpc) is 2.31. The van der Waals surface area contributed by atoms with Crippen LogP contribution >= 0.6 is 0 Å². The summed E-state index contributed by atoms with van der Waals surface area (Å²) in [6.07, 6.45) is 16.3. The average molecular weight is 226 g/mol. The molecule has 0 heterocycles. The molecule has 0 spiro atoms. The summed E-state index contributed by atoms with van der Waals surface area (Å²) in [5, 5.41) is 8.45. The molecule has 1 heteroatoms. The fourth-order valence-corrected chi connectivity index (χ4v) is 1.92. The first kappa shape index (κ1) is 15.5. The standard InChI is InChI=1S/C15H30O/c1-3-15(2)13-11-9-7-5-4-6-8-10-12-14-16/h12,14-16H,3-11,13H2,1-2H3/b14-12+. The van der Waals surface area contributed by atoms with Crippen LogP contribution in [0.15, 0.2) is 12.3 Å². The van der Waals surface area contributed by atoms with Crippen molar-refractivity contribution in [1.82, 2.24) is 0 Å². The van der Waals surface area contributed by atoms with Gasteiger partial charge < -0.3 is 5.11 Å². The van der Waals surface area contributed by atoms with E-state index in [0.29, 0.717) is 0 Å². The zero-order valence-electron chi connectivity index (χ0n) is 11.3. The molecular weight excluding hydrogens is 196 g/mol. The zero-order valence-corrected chi connectivity index (χ0v) is 11.3. The maximum Gasteiger partial charge on any atom is 0.0751 e. The highest BCUT2D eigenvalue weighted by atomic mass is 16.2. The highest BCUT2D eigenvalue weighted by Gasteiger charge is 1.97. The van der Waals surface area contributed by atoms with Crippen LogP contribution in [0.3, 0.4) is 0 Å². The molecule has 0 aliphatic carbocycles. The van der Waals surface area contributed by atoms with Crippen molar-refractivity contribution in [3.8, 4) is 0 Å². The Hall–Kier alpha value is -0.460. The molecule has 0 fully saturated rings. The van der Waals surface area contributed by atoms with Gasteiger partial charge in [-0.15, -0.1) is 0 Å². The van der Waals surface area contributed by atoms with Crippen molar-refractivity contribution in [2.45, 2.75) is 78.1 Å². The highest BCUT2D eigenvalue weighted by Crippen LogP contribution is 2.14. The summed E-state index contributed by atoms with van der Waals surface area (Å²) in [6.45, 7) is 4.64. The third-order valence-electron chi connectivity index (χ3n) is 3.37. The number of hydrogen-bond acceptors (Lipinski definition) is 1. The molecule has 0 bridgehead atoms. The van der Waals surface area contributed by atoms with Crippen molar-refractivity contribution < 1.29 is 5.11 Å². The second kappa shape index (κ2) is 12.6. The van der Waals surface area contributed by atoms with Crippen molar-refractivity contribution in [3.63, 3.8) is 0 Å². The summed E-state index contributed by atoms with van der Waals surface area (Å²) in [5.74, 6) is 0.922. The van der Waals surface area contributed by atoms with Gasteiger partial charge in [0.05, 0.1) is 6.26 Å². The van der Waals surface area contributed by atoms with Crippen LogP contribution in [-0.2, 0) is 0 Å². The van der Waals surface area contributed by atoms with Crippen LogP contribution in [0, 0.1) is 5.92 Å². The SMILES string of the molecule is CCC(C)CCCCCCCCC/C=C/O. The first-order chi connectivity index (χ1) is 7.81. The number of unbranched alkanes of at least 4 members (excludes halogenated alkanes) is 7. The van der Waals surface area contributed by atoms with Gasteiger partial charge in [0.25, 0.3) is 0 Å². The molecule has 96 valence electrons. The van der Waals surface area contributed by atoms with E-state index < -0.39 is 0 Å². The Bertz CT molecular complexity index is 152. The summed E-state index contributed by atoms with van der Waals surface area (Å²) in [6, 6.07) is 0. The van der Waals surface area contributed by atoms with Gasteiger partial charge in [0.1, 0.15) is 0 Å². The van der Waals surface area contributed by atoms with Crippen LogP contribution in [0.4, 0.5) is 0 Å². The van der Waals surface area contributed by atoms with Crippen molar-refractivity contribution in [1.29, 1.82) is 0 Å². The fourth-order valence-electron chi connectivity index (χ4n) is 1.92. The lowest BCUT2D eigenvalue weighted by Gasteiger charge is -2.07. The van der Waals surface area contributed by atoms with E-state index in [2.05, 4.69) is 13.8 Å². The molecule has 0 aliphatic heterocycles. The second-order valence-corrected chi connectivity index (χ2v) is 4.95. The third kappa shape index (κ3) is 11.6. The normalized spacial score (nSPS) is 13.4. The quantitative estimate of drug-likeness (QED) is 0.358. The van der Waals surface area contributed by atoms with E-state index in [0.717, 1.165) is 18.6 Å². The number of aliphatic hydroxyl groups is 1. The maximum absolute atomic E-state index is 8.45. The summed E-state index contributed by atoms with van der Waals surface area (Å²) >= 11 is 0. The van der Waals surface area contributed by atoms with Crippen molar-refractivity contribution in [2.75, 3.05) is 0 Å². The van der Waals surface area contributed by atoms with Gasteiger partial charge in [-0.2, -0.15) is 0 Å². The lowest BCUT2D eigenvalue weighted by molar-refractivity contribution is 0.466. The number of rotatable bonds is 11. The van der Waals surface area contributed by atoms with Crippen LogP contribution < -0.4 is 0 Å². The molecule has 0 saturated carbocycles. The molecule has 16 heavy (non-hydrogen) atoms. The van der Waals surface area contributed by atoms with E-state index >= 15 is 0 Å². The van der Waals surface area contributed by atoms with E-state index in [4.69, 9.17) is 5.11 Å². The molecule has 1 N–H and O–H groups in total. The monoisotopic (exact) mass is 226 g/mol. The van der Waals surface area contributed by atoms with Crippen LogP contribution in [0.25, 0.3) is 0 Å². The van der Waals surface area contributed by atoms with Crippen molar-refractivity contribution >= 4 is 0 Å². The largest absolute Gasteiger partial charge is 0.516 e. The lowest BCUT2D eigenvalue weighted by Crippen LogP contribution is -1.91. The topological polar surface area (TPSA) is 20.2 Å². The van der Waals surface area contributed by atoms with Gasteiger partial charge in [-0.1, -0.05) is 71.3 Å². The third-order valence-corrected chi connectivity index (χ3v) is 3.37. The molecule has 0 aromatic rings. The van der Waals surface area contributed by atoms with E-state index in [1.165, 1.54) is 57.8 Å². The molecular formula is C15H30O. The minimum absolute atomic E-state index is 0.922. The zero-order chi connectivity index (χ0) is 12.1. The number of allylic oxidation sites excluding steroid dienone is 1. The molecule has 0 aromatic heterocycles. The molecule has 0 radical (unpaired) electrons. The summed E-state index contributed by atoms with van der Waals surface area (Å²) in [5.41, 5.74) is 0. The molecule has 1 atom stereocenters. The van der Waals surface area contributed by atoms with Gasteiger partial charge >= 0.3 is 0 Å². The van der Waals surface area contributed by atoms with Gasteiger partial charge in [0, 0.05) is 0 Å². The Morgan fingerprint density at radius 2 is 1.50 bits per heavy atom. The fraction of sp³-hybridized carbons (Fsp3) is 0.867. The summed E-state index contributed by atoms with van der Waals surface area (Å²) in [4.78, 5) is 0. The first-order valence-corrected chi connectivity index (χ1v) is 7.10. The summed E-state index contributed by atoms with van der Waals surface area (Å²) in [7, 11) is 0. The Morgan fingerprint density at radius 3 is 2.06 bits per heavy atom. The van der Waals surface area contributed by atoms with Gasteiger partial charge in [-0.05, 0) is 18.8 Å². The predicted octanol–water partition coefficient (Wildman–Crippen LogP) is 5.62. The van der Waals surface area contributed by atoms with Gasteiger partial charge in [0.15, 0.2) is 0 Å². The number of aliphatic hydroxyl groups excluding tert-OH is 1. The van der Waals surface area contributed by atoms with Crippen molar-refractivity contribution in [3.05, 3.63) is 12.3 Å². The van der Waals surface area contributed by atoms with Crippen LogP contribution in [0.1, 0.15) is 78.1 Å². The van der Waals surface area contributed by atoms with E-state index in [-0.39, 0.29) is 0 Å². The Morgan fingerprint density at radius 1 is 0.938 bits per heavy atom. The Labute approximate surface area is 102 Å². The van der Waals surface area contributed by atoms with E-state index in [9.17, 15) is 0 Å². The predicted molar refractivity (Wildman–Crippen MR) is 72.8 cm³/mol. The second-order valence-electron chi connectivity index (χ2n) is 4.95. The molecule has 0 rings (SSSR count). The molecule has 1 unspecified atom stereocenters. The molecule has 0 amide bonds. The first-order valence-electron chi connectivity index (χ1n) is 7.10. The minimum Gasteiger partial charge on any atom is -0.516 e. The Kier molecular flexibility index (Phi) is 12.2. The minimum atomic E-state index is 0.922. The van der Waals surface area contributed by atoms with Crippen LogP contribution in [0.5, 0.6) is 0 Å². The maximum atomic E-state index is 8.45. The smallest absolute Gasteiger partial charge is 0.0751 e. The van der Waals surface area contributed by atoms with Gasteiger partial charge in [0.2, 0.25) is 0 Å². The van der Waals surface area contributed by atoms with Crippen LogP contribution in [0.2, 0.25) is 0 Å².